The third-order valence-corrected chi connectivity index (χ3v) is 8.79. The van der Waals surface area contributed by atoms with Crippen LogP contribution in [0.3, 0.4) is 0 Å². The van der Waals surface area contributed by atoms with Gasteiger partial charge in [-0.25, -0.2) is 0 Å². The molecule has 0 spiro atoms. The lowest BCUT2D eigenvalue weighted by molar-refractivity contribution is -0.115. The average Bonchev–Trinajstić information content (AvgIpc) is 2.84. The maximum Gasteiger partial charge on any atom is 0.214 e. The van der Waals surface area contributed by atoms with Gasteiger partial charge in [0.25, 0.3) is 0 Å². The van der Waals surface area contributed by atoms with E-state index in [1.165, 1.54) is 70.6 Å². The fraction of sp³-hybridized carbons (Fsp3) is 1.00. The molecular formula is C19H32N3+. The monoisotopic (exact) mass is 302 g/mol. The predicted octanol–water partition coefficient (Wildman–Crippen LogP) is 5.48. The molecule has 0 aliphatic heterocycles. The molecule has 4 aliphatic rings. The van der Waals surface area contributed by atoms with Crippen molar-refractivity contribution in [2.45, 2.75) is 90.0 Å². The molecule has 1 N–H and O–H groups in total. The van der Waals surface area contributed by atoms with Crippen LogP contribution in [0, 0.1) is 34.1 Å². The molecule has 3 heteroatoms. The molecule has 4 rings (SSSR count). The number of hydrogen-bond acceptors (Lipinski definition) is 2. The van der Waals surface area contributed by atoms with Crippen LogP contribution in [0.15, 0.2) is 5.11 Å². The lowest BCUT2D eigenvalue weighted by Gasteiger charge is -2.61. The van der Waals surface area contributed by atoms with Crippen LogP contribution in [0.25, 0.3) is 0 Å². The summed E-state index contributed by atoms with van der Waals surface area (Å²) in [6.45, 7) is 5.07. The van der Waals surface area contributed by atoms with E-state index in [0.717, 1.165) is 11.8 Å². The topological polar surface area (TPSA) is 50.3 Å². The van der Waals surface area contributed by atoms with Gasteiger partial charge >= 0.3 is 0 Å². The number of hydrogen-bond donors (Lipinski definition) is 1. The Morgan fingerprint density at radius 3 is 2.55 bits per heavy atom. The molecule has 4 saturated carbocycles. The van der Waals surface area contributed by atoms with E-state index in [-0.39, 0.29) is 5.54 Å². The zero-order valence-corrected chi connectivity index (χ0v) is 14.4. The number of rotatable bonds is 1. The van der Waals surface area contributed by atoms with E-state index >= 15 is 0 Å². The van der Waals surface area contributed by atoms with Gasteiger partial charge in [-0.1, -0.05) is 33.1 Å². The van der Waals surface area contributed by atoms with E-state index in [2.05, 4.69) is 18.8 Å². The molecule has 0 aromatic carbocycles. The van der Waals surface area contributed by atoms with Crippen molar-refractivity contribution in [3.8, 4) is 0 Å². The van der Waals surface area contributed by atoms with E-state index in [1.54, 1.807) is 0 Å². The Kier molecular flexibility index (Phi) is 3.31. The van der Waals surface area contributed by atoms with Crippen LogP contribution in [-0.2, 0) is 0 Å². The van der Waals surface area contributed by atoms with Crippen molar-refractivity contribution < 1.29 is 0 Å². The van der Waals surface area contributed by atoms with Gasteiger partial charge in [0.15, 0.2) is 5.54 Å². The number of nitrogens with zero attached hydrogens (tertiary/aromatic N) is 2. The summed E-state index contributed by atoms with van der Waals surface area (Å²) >= 11 is 0. The maximum atomic E-state index is 7.47. The standard InChI is InChI=1S/C19H32N3/c1-17-10-5-12-19(17,21-22-20)16-8-7-14-6-3-4-11-18(14,2)15(16)9-13-17/h14-16,20H,3-13H2,1-2H3/q+1. The largest absolute Gasteiger partial charge is 0.214 e. The average molecular weight is 302 g/mol. The Balaban J connectivity index is 1.76. The molecule has 0 amide bonds. The first-order valence-corrected chi connectivity index (χ1v) is 9.64. The summed E-state index contributed by atoms with van der Waals surface area (Å²) in [6.07, 6.45) is 15.0. The Morgan fingerprint density at radius 1 is 0.864 bits per heavy atom. The molecule has 0 heterocycles. The summed E-state index contributed by atoms with van der Waals surface area (Å²) in [4.78, 5) is 3.63. The minimum atomic E-state index is 0.00307. The Labute approximate surface area is 134 Å². The van der Waals surface area contributed by atoms with Gasteiger partial charge in [0.2, 0.25) is 4.91 Å². The molecule has 0 aromatic heterocycles. The van der Waals surface area contributed by atoms with Gasteiger partial charge in [-0.05, 0) is 74.5 Å². The molecule has 0 saturated heterocycles. The minimum absolute atomic E-state index is 0.00307. The molecule has 0 bridgehead atoms. The van der Waals surface area contributed by atoms with E-state index in [9.17, 15) is 0 Å². The third-order valence-electron chi connectivity index (χ3n) is 8.79. The maximum absolute atomic E-state index is 7.47. The van der Waals surface area contributed by atoms with Crippen LogP contribution >= 0.6 is 0 Å². The molecule has 6 unspecified atom stereocenters. The van der Waals surface area contributed by atoms with Crippen LogP contribution in [-0.4, -0.2) is 5.54 Å². The van der Waals surface area contributed by atoms with Crippen molar-refractivity contribution in [2.75, 3.05) is 0 Å². The fourth-order valence-corrected chi connectivity index (χ4v) is 7.59. The predicted molar refractivity (Wildman–Crippen MR) is 87.5 cm³/mol. The van der Waals surface area contributed by atoms with Gasteiger partial charge in [0, 0.05) is 5.41 Å². The first-order chi connectivity index (χ1) is 10.6. The van der Waals surface area contributed by atoms with Crippen molar-refractivity contribution in [3.05, 3.63) is 0 Å². The molecule has 4 aliphatic carbocycles. The molecule has 4 fully saturated rings. The van der Waals surface area contributed by atoms with Crippen LogP contribution in [0.5, 0.6) is 0 Å². The Bertz CT molecular complexity index is 511. The van der Waals surface area contributed by atoms with Crippen LogP contribution in [0.4, 0.5) is 0 Å². The zero-order chi connectivity index (χ0) is 15.4. The quantitative estimate of drug-likeness (QED) is 0.492. The number of fused-ring (bicyclic) bond motifs is 5. The highest BCUT2D eigenvalue weighted by atomic mass is 15.2. The third kappa shape index (κ3) is 1.72. The molecule has 3 nitrogen and oxygen atoms in total. The van der Waals surface area contributed by atoms with Gasteiger partial charge < -0.3 is 0 Å². The second-order valence-corrected chi connectivity index (χ2v) is 9.32. The molecular weight excluding hydrogens is 270 g/mol. The molecule has 122 valence electrons. The smallest absolute Gasteiger partial charge is 0.0591 e. The normalized spacial score (nSPS) is 53.8. The van der Waals surface area contributed by atoms with E-state index < -0.39 is 0 Å². The van der Waals surface area contributed by atoms with Gasteiger partial charge in [0.05, 0.1) is 0 Å². The second kappa shape index (κ2) is 4.90. The van der Waals surface area contributed by atoms with Crippen molar-refractivity contribution >= 4 is 0 Å². The highest BCUT2D eigenvalue weighted by molar-refractivity contribution is 5.17. The fourth-order valence-electron chi connectivity index (χ4n) is 7.59. The lowest BCUT2D eigenvalue weighted by atomic mass is 9.43. The minimum Gasteiger partial charge on any atom is -0.0591 e. The lowest BCUT2D eigenvalue weighted by Crippen LogP contribution is -2.59. The molecule has 6 atom stereocenters. The highest BCUT2D eigenvalue weighted by Crippen LogP contribution is 2.68. The Hall–Kier alpha value is -0.690. The van der Waals surface area contributed by atoms with Crippen LogP contribution in [0.1, 0.15) is 84.5 Å². The van der Waals surface area contributed by atoms with Crippen molar-refractivity contribution in [1.29, 1.82) is 5.53 Å². The van der Waals surface area contributed by atoms with Gasteiger partial charge in [-0.2, -0.15) is 0 Å². The Morgan fingerprint density at radius 2 is 1.73 bits per heavy atom. The first kappa shape index (κ1) is 14.9. The highest BCUT2D eigenvalue weighted by Gasteiger charge is 2.67. The van der Waals surface area contributed by atoms with Crippen molar-refractivity contribution in [2.24, 2.45) is 33.7 Å². The zero-order valence-electron chi connectivity index (χ0n) is 14.4. The van der Waals surface area contributed by atoms with E-state index in [0.29, 0.717) is 16.7 Å². The first-order valence-electron chi connectivity index (χ1n) is 9.64. The molecule has 0 aromatic rings. The number of nitrogens with one attached hydrogen (secondary N) is 1. The van der Waals surface area contributed by atoms with Crippen molar-refractivity contribution in [1.82, 2.24) is 4.91 Å². The van der Waals surface area contributed by atoms with E-state index in [1.807, 2.05) is 0 Å². The summed E-state index contributed by atoms with van der Waals surface area (Å²) in [5.74, 6) is 2.49. The molecule has 0 radical (unpaired) electrons. The van der Waals surface area contributed by atoms with E-state index in [4.69, 9.17) is 10.6 Å². The van der Waals surface area contributed by atoms with Crippen LogP contribution < -0.4 is 4.91 Å². The second-order valence-electron chi connectivity index (χ2n) is 9.32. The van der Waals surface area contributed by atoms with Crippen molar-refractivity contribution in [3.63, 3.8) is 0 Å². The summed E-state index contributed by atoms with van der Waals surface area (Å²) in [7, 11) is 0. The van der Waals surface area contributed by atoms with Gasteiger partial charge in [-0.15, -0.1) is 0 Å². The molecule has 22 heavy (non-hydrogen) atoms. The summed E-state index contributed by atoms with van der Waals surface area (Å²) in [5.41, 5.74) is 8.34. The summed E-state index contributed by atoms with van der Waals surface area (Å²) in [5, 5.41) is 4.69. The van der Waals surface area contributed by atoms with Gasteiger partial charge in [-0.3, -0.25) is 0 Å². The van der Waals surface area contributed by atoms with Gasteiger partial charge in [0.1, 0.15) is 10.6 Å². The summed E-state index contributed by atoms with van der Waals surface area (Å²) in [6, 6.07) is 0. The SMILES string of the molecule is CC12CCCCC1CCC1C2CCC2(C)CCCC12N=[N+]=N. The van der Waals surface area contributed by atoms with Crippen LogP contribution in [0.2, 0.25) is 0 Å². The summed E-state index contributed by atoms with van der Waals surface area (Å²) < 4.78 is 0.